The Balaban J connectivity index is 0.00000364. The van der Waals surface area contributed by atoms with Crippen molar-refractivity contribution in [2.45, 2.75) is 45.1 Å². The molecule has 1 aliphatic heterocycles. The molecule has 1 fully saturated rings. The lowest BCUT2D eigenvalue weighted by Gasteiger charge is -2.33. The lowest BCUT2D eigenvalue weighted by molar-refractivity contribution is -0.126. The predicted octanol–water partition coefficient (Wildman–Crippen LogP) is 2.50. The summed E-state index contributed by atoms with van der Waals surface area (Å²) in [6, 6.07) is 3.62. The van der Waals surface area contributed by atoms with Crippen LogP contribution in [0.15, 0.2) is 18.2 Å². The van der Waals surface area contributed by atoms with Crippen molar-refractivity contribution in [3.8, 4) is 0 Å². The zero-order valence-electron chi connectivity index (χ0n) is 15.7. The van der Waals surface area contributed by atoms with E-state index in [1.807, 2.05) is 13.8 Å². The van der Waals surface area contributed by atoms with E-state index < -0.39 is 11.6 Å². The van der Waals surface area contributed by atoms with Gasteiger partial charge in [-0.2, -0.15) is 0 Å². The first-order chi connectivity index (χ1) is 12.4. The predicted molar refractivity (Wildman–Crippen MR) is 103 cm³/mol. The average Bonchev–Trinajstić information content (AvgIpc) is 2.61. The number of piperidine rings is 1. The fourth-order valence-electron chi connectivity index (χ4n) is 3.10. The quantitative estimate of drug-likeness (QED) is 0.655. The van der Waals surface area contributed by atoms with Crippen molar-refractivity contribution in [2.75, 3.05) is 19.6 Å². The van der Waals surface area contributed by atoms with Crippen LogP contribution in [0.25, 0.3) is 0 Å². The normalized spacial score (nSPS) is 19.3. The molecular weight excluding hydrogens is 376 g/mol. The van der Waals surface area contributed by atoms with Crippen molar-refractivity contribution in [3.63, 3.8) is 0 Å². The van der Waals surface area contributed by atoms with Crippen LogP contribution in [0.5, 0.6) is 0 Å². The molecule has 0 saturated carbocycles. The van der Waals surface area contributed by atoms with Gasteiger partial charge >= 0.3 is 0 Å². The molecule has 1 aromatic carbocycles. The highest BCUT2D eigenvalue weighted by Crippen LogP contribution is 2.26. The molecule has 152 valence electrons. The summed E-state index contributed by atoms with van der Waals surface area (Å²) in [6.07, 6.45) is 1.88. The molecule has 8 heteroatoms. The number of carbonyl (C=O) groups is 2. The number of benzene rings is 1. The Kier molecular flexibility index (Phi) is 9.66. The molecule has 0 spiro atoms. The lowest BCUT2D eigenvalue weighted by Crippen LogP contribution is -2.52. The average molecular weight is 404 g/mol. The van der Waals surface area contributed by atoms with Crippen molar-refractivity contribution in [1.29, 1.82) is 0 Å². The Labute approximate surface area is 165 Å². The summed E-state index contributed by atoms with van der Waals surface area (Å²) in [5, 5.41) is 8.70. The third-order valence-electron chi connectivity index (χ3n) is 4.60. The van der Waals surface area contributed by atoms with Crippen LogP contribution in [0.4, 0.5) is 8.78 Å². The summed E-state index contributed by atoms with van der Waals surface area (Å²) in [7, 11) is 0. The molecule has 0 radical (unpaired) electrons. The Morgan fingerprint density at radius 1 is 1.22 bits per heavy atom. The summed E-state index contributed by atoms with van der Waals surface area (Å²) in [6.45, 7) is 5.26. The molecule has 1 saturated heterocycles. The molecule has 2 atom stereocenters. The number of hydrogen-bond acceptors (Lipinski definition) is 3. The van der Waals surface area contributed by atoms with Crippen molar-refractivity contribution >= 4 is 24.2 Å². The first kappa shape index (κ1) is 23.3. The van der Waals surface area contributed by atoms with Gasteiger partial charge in [0.15, 0.2) is 11.6 Å². The van der Waals surface area contributed by atoms with E-state index in [2.05, 4.69) is 16.0 Å². The van der Waals surface area contributed by atoms with Crippen molar-refractivity contribution < 1.29 is 18.4 Å². The molecule has 0 aromatic heterocycles. The minimum Gasteiger partial charge on any atom is -0.350 e. The summed E-state index contributed by atoms with van der Waals surface area (Å²) in [5.41, 5.74) is 0.664. The van der Waals surface area contributed by atoms with E-state index in [-0.39, 0.29) is 42.7 Å². The second-order valence-electron chi connectivity index (χ2n) is 7.16. The fourth-order valence-corrected chi connectivity index (χ4v) is 3.10. The number of nitrogens with one attached hydrogen (secondary N) is 3. The number of amides is 2. The zero-order valence-corrected chi connectivity index (χ0v) is 16.5. The highest BCUT2D eigenvalue weighted by Gasteiger charge is 2.28. The highest BCUT2D eigenvalue weighted by atomic mass is 35.5. The highest BCUT2D eigenvalue weighted by molar-refractivity contribution is 5.85. The maximum Gasteiger partial charge on any atom is 0.239 e. The number of rotatable bonds is 7. The van der Waals surface area contributed by atoms with E-state index in [0.29, 0.717) is 30.9 Å². The monoisotopic (exact) mass is 403 g/mol. The third-order valence-corrected chi connectivity index (χ3v) is 4.60. The van der Waals surface area contributed by atoms with E-state index in [0.717, 1.165) is 19.0 Å². The van der Waals surface area contributed by atoms with Crippen LogP contribution in [0.1, 0.15) is 44.6 Å². The van der Waals surface area contributed by atoms with Gasteiger partial charge in [-0.15, -0.1) is 12.4 Å². The van der Waals surface area contributed by atoms with Gasteiger partial charge in [0.05, 0.1) is 6.54 Å². The van der Waals surface area contributed by atoms with Gasteiger partial charge in [0.1, 0.15) is 0 Å². The van der Waals surface area contributed by atoms with Crippen LogP contribution >= 0.6 is 12.4 Å². The molecule has 1 heterocycles. The van der Waals surface area contributed by atoms with E-state index in [9.17, 15) is 18.4 Å². The standard InChI is InChI=1S/C19H27F2N3O2.ClH/c1-12(2)3-6-18(25)23-11-19(26)24-17-10-22-8-7-14(17)13-4-5-15(20)16(21)9-13;/h4-5,9,12,14,17,22H,3,6-8,10-11H2,1-2H3,(H,23,25)(H,24,26);1H. The molecule has 0 bridgehead atoms. The molecule has 27 heavy (non-hydrogen) atoms. The van der Waals surface area contributed by atoms with E-state index in [4.69, 9.17) is 0 Å². The van der Waals surface area contributed by atoms with Gasteiger partial charge in [-0.1, -0.05) is 19.9 Å². The number of halogens is 3. The lowest BCUT2D eigenvalue weighted by atomic mass is 9.86. The molecule has 5 nitrogen and oxygen atoms in total. The van der Waals surface area contributed by atoms with Gasteiger partial charge < -0.3 is 16.0 Å². The van der Waals surface area contributed by atoms with Crippen molar-refractivity contribution in [3.05, 3.63) is 35.4 Å². The van der Waals surface area contributed by atoms with Gasteiger partial charge in [-0.25, -0.2) is 8.78 Å². The Morgan fingerprint density at radius 2 is 1.96 bits per heavy atom. The topological polar surface area (TPSA) is 70.2 Å². The number of carbonyl (C=O) groups excluding carboxylic acids is 2. The third kappa shape index (κ3) is 7.42. The van der Waals surface area contributed by atoms with Crippen LogP contribution in [-0.2, 0) is 9.59 Å². The smallest absolute Gasteiger partial charge is 0.239 e. The second-order valence-corrected chi connectivity index (χ2v) is 7.16. The molecule has 2 amide bonds. The summed E-state index contributed by atoms with van der Waals surface area (Å²) in [4.78, 5) is 23.9. The minimum absolute atomic E-state index is 0. The molecular formula is C19H28ClF2N3O2. The van der Waals surface area contributed by atoms with Crippen LogP contribution in [0.2, 0.25) is 0 Å². The summed E-state index contributed by atoms with van der Waals surface area (Å²) in [5.74, 6) is -1.88. The first-order valence-electron chi connectivity index (χ1n) is 9.08. The SMILES string of the molecule is CC(C)CCC(=O)NCC(=O)NC1CNCCC1c1ccc(F)c(F)c1.Cl. The number of hydrogen-bond donors (Lipinski definition) is 3. The second kappa shape index (κ2) is 11.2. The van der Waals surface area contributed by atoms with Crippen LogP contribution in [0, 0.1) is 17.6 Å². The Bertz CT molecular complexity index is 643. The van der Waals surface area contributed by atoms with Crippen LogP contribution in [-0.4, -0.2) is 37.5 Å². The van der Waals surface area contributed by atoms with Gasteiger partial charge in [-0.3, -0.25) is 9.59 Å². The Morgan fingerprint density at radius 3 is 2.63 bits per heavy atom. The summed E-state index contributed by atoms with van der Waals surface area (Å²) >= 11 is 0. The molecule has 1 aromatic rings. The first-order valence-corrected chi connectivity index (χ1v) is 9.08. The zero-order chi connectivity index (χ0) is 19.1. The van der Waals surface area contributed by atoms with Crippen molar-refractivity contribution in [2.24, 2.45) is 5.92 Å². The molecule has 3 N–H and O–H groups in total. The van der Waals surface area contributed by atoms with Gasteiger partial charge in [-0.05, 0) is 43.0 Å². The largest absolute Gasteiger partial charge is 0.350 e. The van der Waals surface area contributed by atoms with Crippen LogP contribution in [0.3, 0.4) is 0 Å². The molecule has 0 aliphatic carbocycles. The van der Waals surface area contributed by atoms with Crippen molar-refractivity contribution in [1.82, 2.24) is 16.0 Å². The molecule has 2 unspecified atom stereocenters. The van der Waals surface area contributed by atoms with Gasteiger partial charge in [0.2, 0.25) is 11.8 Å². The Hall–Kier alpha value is -1.73. The van der Waals surface area contributed by atoms with Crippen LogP contribution < -0.4 is 16.0 Å². The van der Waals surface area contributed by atoms with E-state index in [1.165, 1.54) is 6.07 Å². The molecule has 2 rings (SSSR count). The van der Waals surface area contributed by atoms with E-state index >= 15 is 0 Å². The van der Waals surface area contributed by atoms with E-state index in [1.54, 1.807) is 6.07 Å². The summed E-state index contributed by atoms with van der Waals surface area (Å²) < 4.78 is 26.7. The fraction of sp³-hybridized carbons (Fsp3) is 0.579. The van der Waals surface area contributed by atoms with Gasteiger partial charge in [0.25, 0.3) is 0 Å². The maximum absolute atomic E-state index is 13.5. The molecule has 1 aliphatic rings. The maximum atomic E-state index is 13.5. The minimum atomic E-state index is -0.886. The van der Waals surface area contributed by atoms with Gasteiger partial charge in [0, 0.05) is 24.9 Å².